The van der Waals surface area contributed by atoms with Gasteiger partial charge in [-0.25, -0.2) is 0 Å². The fraction of sp³-hybridized carbons (Fsp3) is 0.400. The lowest BCUT2D eigenvalue weighted by atomic mass is 10.1. The molecule has 1 rings (SSSR count). The highest BCUT2D eigenvalue weighted by atomic mass is 31.0. The highest BCUT2D eigenvalue weighted by Gasteiger charge is 2.32. The van der Waals surface area contributed by atoms with Crippen LogP contribution >= 0.6 is 9.24 Å². The first-order valence-electron chi connectivity index (χ1n) is 4.34. The number of hydrogen-bond acceptors (Lipinski definition) is 0. The van der Waals surface area contributed by atoms with E-state index in [0.29, 0.717) is 5.56 Å². The summed E-state index contributed by atoms with van der Waals surface area (Å²) in [6.07, 6.45) is -4.25. The topological polar surface area (TPSA) is 0 Å². The molecular formula is C10H14F3P. The van der Waals surface area contributed by atoms with Crippen molar-refractivity contribution in [2.45, 2.75) is 26.9 Å². The number of hydrogen-bond donors (Lipinski definition) is 0. The molecule has 1 aromatic rings. The smallest absolute Gasteiger partial charge is 0.166 e. The summed E-state index contributed by atoms with van der Waals surface area (Å²) in [5.41, 5.74) is 0.0426. The second-order valence-corrected chi connectivity index (χ2v) is 3.21. The number of halogens is 3. The van der Waals surface area contributed by atoms with Crippen LogP contribution in [0.15, 0.2) is 18.2 Å². The highest BCUT2D eigenvalue weighted by Crippen LogP contribution is 2.29. The minimum absolute atomic E-state index is 0.188. The third kappa shape index (κ3) is 3.67. The molecule has 0 fully saturated rings. The molecule has 0 spiro atoms. The Kier molecular flexibility index (Phi) is 5.14. The van der Waals surface area contributed by atoms with E-state index in [9.17, 15) is 13.2 Å². The number of rotatable bonds is 0. The third-order valence-electron chi connectivity index (χ3n) is 1.51. The van der Waals surface area contributed by atoms with Crippen LogP contribution < -0.4 is 5.30 Å². The van der Waals surface area contributed by atoms with Gasteiger partial charge in [-0.05, 0) is 18.3 Å². The van der Waals surface area contributed by atoms with Crippen LogP contribution in [0.1, 0.15) is 25.0 Å². The molecule has 0 saturated heterocycles. The van der Waals surface area contributed by atoms with Gasteiger partial charge in [0, 0.05) is 0 Å². The summed E-state index contributed by atoms with van der Waals surface area (Å²) in [5.74, 6) is 0. The molecule has 0 aliphatic rings. The van der Waals surface area contributed by atoms with Gasteiger partial charge in [-0.1, -0.05) is 31.5 Å². The monoisotopic (exact) mass is 222 g/mol. The standard InChI is InChI=1S/C8H8F3P.C2H6/c1-5-2-3-7(12)6(4-5)8(9,10)11;1-2/h2-4H,12H2,1H3;1-2H3. The Morgan fingerprint density at radius 3 is 2.00 bits per heavy atom. The molecule has 0 aliphatic heterocycles. The minimum Gasteiger partial charge on any atom is -0.166 e. The van der Waals surface area contributed by atoms with Crippen molar-refractivity contribution in [3.8, 4) is 0 Å². The number of aryl methyl sites for hydroxylation is 1. The molecule has 0 aliphatic carbocycles. The molecule has 1 unspecified atom stereocenters. The fourth-order valence-electron chi connectivity index (χ4n) is 0.916. The maximum atomic E-state index is 12.2. The van der Waals surface area contributed by atoms with Crippen molar-refractivity contribution in [1.82, 2.24) is 0 Å². The van der Waals surface area contributed by atoms with Gasteiger partial charge >= 0.3 is 6.18 Å². The molecule has 0 aromatic heterocycles. The van der Waals surface area contributed by atoms with Crippen LogP contribution in [0, 0.1) is 6.92 Å². The van der Waals surface area contributed by atoms with Crippen LogP contribution in [-0.2, 0) is 6.18 Å². The summed E-state index contributed by atoms with van der Waals surface area (Å²) in [6, 6.07) is 4.24. The maximum absolute atomic E-state index is 12.2. The van der Waals surface area contributed by atoms with Gasteiger partial charge in [0.1, 0.15) is 0 Å². The zero-order valence-corrected chi connectivity index (χ0v) is 9.60. The van der Waals surface area contributed by atoms with Gasteiger partial charge in [-0.15, -0.1) is 9.24 Å². The van der Waals surface area contributed by atoms with E-state index in [1.54, 1.807) is 13.0 Å². The Morgan fingerprint density at radius 1 is 1.14 bits per heavy atom. The largest absolute Gasteiger partial charge is 0.417 e. The SMILES string of the molecule is CC.Cc1ccc(P)c(C(F)(F)F)c1. The summed E-state index contributed by atoms with van der Waals surface area (Å²) in [5, 5.41) is 0.188. The van der Waals surface area contributed by atoms with Crippen LogP contribution in [-0.4, -0.2) is 0 Å². The van der Waals surface area contributed by atoms with Crippen LogP contribution in [0.2, 0.25) is 0 Å². The first-order chi connectivity index (χ1) is 6.41. The van der Waals surface area contributed by atoms with E-state index in [2.05, 4.69) is 9.24 Å². The van der Waals surface area contributed by atoms with E-state index in [4.69, 9.17) is 0 Å². The van der Waals surface area contributed by atoms with E-state index < -0.39 is 11.7 Å². The Balaban J connectivity index is 0.000000791. The quantitative estimate of drug-likeness (QED) is 0.589. The van der Waals surface area contributed by atoms with Crippen molar-refractivity contribution in [2.24, 2.45) is 0 Å². The van der Waals surface area contributed by atoms with Gasteiger partial charge in [0.2, 0.25) is 0 Å². The predicted molar refractivity (Wildman–Crippen MR) is 56.9 cm³/mol. The van der Waals surface area contributed by atoms with Gasteiger partial charge in [-0.3, -0.25) is 0 Å². The summed E-state index contributed by atoms with van der Waals surface area (Å²) >= 11 is 0. The van der Waals surface area contributed by atoms with Crippen LogP contribution in [0.4, 0.5) is 13.2 Å². The highest BCUT2D eigenvalue weighted by molar-refractivity contribution is 7.27. The molecule has 80 valence electrons. The number of alkyl halides is 3. The minimum atomic E-state index is -4.25. The predicted octanol–water partition coefficient (Wildman–Crippen LogP) is 3.54. The summed E-state index contributed by atoms with van der Waals surface area (Å²) in [4.78, 5) is 0. The molecule has 1 aromatic carbocycles. The van der Waals surface area contributed by atoms with E-state index in [0.717, 1.165) is 6.07 Å². The Morgan fingerprint density at radius 2 is 1.64 bits per heavy atom. The molecule has 0 N–H and O–H groups in total. The number of benzene rings is 1. The van der Waals surface area contributed by atoms with Crippen molar-refractivity contribution in [2.75, 3.05) is 0 Å². The molecule has 0 radical (unpaired) electrons. The molecule has 0 nitrogen and oxygen atoms in total. The lowest BCUT2D eigenvalue weighted by Crippen LogP contribution is -2.14. The Labute approximate surface area is 84.7 Å². The van der Waals surface area contributed by atoms with Gasteiger partial charge < -0.3 is 0 Å². The van der Waals surface area contributed by atoms with Gasteiger partial charge in [0.25, 0.3) is 0 Å². The molecule has 0 bridgehead atoms. The summed E-state index contributed by atoms with van der Waals surface area (Å²) in [6.45, 7) is 5.64. The van der Waals surface area contributed by atoms with Gasteiger partial charge in [0.15, 0.2) is 0 Å². The molecule has 4 heteroatoms. The van der Waals surface area contributed by atoms with Gasteiger partial charge in [0.05, 0.1) is 5.56 Å². The second kappa shape index (κ2) is 5.35. The summed E-state index contributed by atoms with van der Waals surface area (Å²) < 4.78 is 36.6. The van der Waals surface area contributed by atoms with Crippen molar-refractivity contribution in [3.63, 3.8) is 0 Å². The van der Waals surface area contributed by atoms with Crippen LogP contribution in [0.25, 0.3) is 0 Å². The van der Waals surface area contributed by atoms with Crippen molar-refractivity contribution in [1.29, 1.82) is 0 Å². The first kappa shape index (κ1) is 13.4. The fourth-order valence-corrected chi connectivity index (χ4v) is 1.26. The van der Waals surface area contributed by atoms with E-state index in [-0.39, 0.29) is 5.30 Å². The average Bonchev–Trinajstić information content (AvgIpc) is 2.11. The zero-order valence-electron chi connectivity index (χ0n) is 8.44. The Hall–Kier alpha value is -0.560. The normalized spacial score (nSPS) is 10.5. The molecule has 0 heterocycles. The van der Waals surface area contributed by atoms with E-state index in [1.807, 2.05) is 13.8 Å². The van der Waals surface area contributed by atoms with Gasteiger partial charge in [-0.2, -0.15) is 13.2 Å². The van der Waals surface area contributed by atoms with E-state index in [1.165, 1.54) is 6.07 Å². The molecule has 0 saturated carbocycles. The molecule has 1 atom stereocenters. The van der Waals surface area contributed by atoms with Crippen molar-refractivity contribution in [3.05, 3.63) is 29.3 Å². The second-order valence-electron chi connectivity index (χ2n) is 2.59. The lowest BCUT2D eigenvalue weighted by molar-refractivity contribution is -0.136. The lowest BCUT2D eigenvalue weighted by Gasteiger charge is -2.09. The maximum Gasteiger partial charge on any atom is 0.417 e. The van der Waals surface area contributed by atoms with Crippen LogP contribution in [0.5, 0.6) is 0 Å². The van der Waals surface area contributed by atoms with Crippen molar-refractivity contribution < 1.29 is 13.2 Å². The van der Waals surface area contributed by atoms with E-state index >= 15 is 0 Å². The van der Waals surface area contributed by atoms with Crippen molar-refractivity contribution >= 4 is 14.5 Å². The Bertz CT molecular complexity index is 292. The third-order valence-corrected chi connectivity index (χ3v) is 2.02. The summed E-state index contributed by atoms with van der Waals surface area (Å²) in [7, 11) is 2.08. The zero-order chi connectivity index (χ0) is 11.4. The molecule has 14 heavy (non-hydrogen) atoms. The first-order valence-corrected chi connectivity index (χ1v) is 4.92. The van der Waals surface area contributed by atoms with Crippen LogP contribution in [0.3, 0.4) is 0 Å². The molecule has 0 amide bonds. The molecular weight excluding hydrogens is 208 g/mol. The average molecular weight is 222 g/mol.